The molecule has 218 valence electrons. The zero-order valence-electron chi connectivity index (χ0n) is 24.3. The Hall–Kier alpha value is -3.65. The molecule has 0 aromatic heterocycles. The molecule has 0 spiro atoms. The topological polar surface area (TPSA) is 86.8 Å². The molecule has 1 aliphatic rings. The van der Waals surface area contributed by atoms with Gasteiger partial charge < -0.3 is 10.2 Å². The second-order valence-electron chi connectivity index (χ2n) is 10.8. The van der Waals surface area contributed by atoms with E-state index in [1.54, 1.807) is 37.3 Å². The highest BCUT2D eigenvalue weighted by molar-refractivity contribution is 7.92. The summed E-state index contributed by atoms with van der Waals surface area (Å²) in [7, 11) is -4.07. The number of carbonyl (C=O) groups is 2. The van der Waals surface area contributed by atoms with Gasteiger partial charge in [-0.3, -0.25) is 13.9 Å². The number of benzene rings is 3. The number of sulfonamides is 1. The van der Waals surface area contributed by atoms with E-state index in [-0.39, 0.29) is 23.4 Å². The van der Waals surface area contributed by atoms with Crippen molar-refractivity contribution in [3.05, 3.63) is 95.6 Å². The van der Waals surface area contributed by atoms with Gasteiger partial charge in [0.2, 0.25) is 11.8 Å². The molecule has 0 bridgehead atoms. The van der Waals surface area contributed by atoms with E-state index in [9.17, 15) is 18.0 Å². The predicted octanol–water partition coefficient (Wildman–Crippen LogP) is 5.62. The molecular formula is C33H41N3O4S. The molecule has 1 unspecified atom stereocenters. The van der Waals surface area contributed by atoms with Crippen LogP contribution in [0.5, 0.6) is 0 Å². The molecule has 0 saturated heterocycles. The van der Waals surface area contributed by atoms with Crippen LogP contribution in [0.25, 0.3) is 0 Å². The number of rotatable bonds is 11. The molecule has 0 radical (unpaired) electrons. The smallest absolute Gasteiger partial charge is 0.264 e. The van der Waals surface area contributed by atoms with Crippen LogP contribution in [0.3, 0.4) is 0 Å². The lowest BCUT2D eigenvalue weighted by molar-refractivity contribution is -0.139. The summed E-state index contributed by atoms with van der Waals surface area (Å²) in [5.74, 6) is -0.665. The third-order valence-corrected chi connectivity index (χ3v) is 9.75. The number of hydrogen-bond donors (Lipinski definition) is 1. The monoisotopic (exact) mass is 575 g/mol. The van der Waals surface area contributed by atoms with Gasteiger partial charge in [0.1, 0.15) is 12.6 Å². The minimum Gasteiger partial charge on any atom is -0.352 e. The van der Waals surface area contributed by atoms with E-state index in [0.29, 0.717) is 5.69 Å². The van der Waals surface area contributed by atoms with Gasteiger partial charge in [-0.25, -0.2) is 8.42 Å². The van der Waals surface area contributed by atoms with Gasteiger partial charge in [0, 0.05) is 12.6 Å². The van der Waals surface area contributed by atoms with Gasteiger partial charge in [0.05, 0.1) is 10.6 Å². The maximum atomic E-state index is 14.1. The van der Waals surface area contributed by atoms with Gasteiger partial charge in [0.25, 0.3) is 10.0 Å². The van der Waals surface area contributed by atoms with E-state index in [4.69, 9.17) is 0 Å². The SMILES string of the molecule is CCc1ccc(N(CC(=O)N(Cc2ccccc2C)C(C)C(=O)NC2CCCCC2)S(=O)(=O)c2ccccc2)cc1. The lowest BCUT2D eigenvalue weighted by Crippen LogP contribution is -2.53. The van der Waals surface area contributed by atoms with Crippen LogP contribution in [0.15, 0.2) is 83.8 Å². The Bertz CT molecular complexity index is 1420. The van der Waals surface area contributed by atoms with Crippen molar-refractivity contribution in [2.75, 3.05) is 10.8 Å². The van der Waals surface area contributed by atoms with Gasteiger partial charge in [-0.05, 0) is 74.1 Å². The highest BCUT2D eigenvalue weighted by Gasteiger charge is 2.33. The van der Waals surface area contributed by atoms with Crippen molar-refractivity contribution in [3.8, 4) is 0 Å². The van der Waals surface area contributed by atoms with Crippen LogP contribution < -0.4 is 9.62 Å². The molecule has 4 rings (SSSR count). The number of nitrogens with one attached hydrogen (secondary N) is 1. The predicted molar refractivity (Wildman–Crippen MR) is 163 cm³/mol. The largest absolute Gasteiger partial charge is 0.352 e. The molecule has 8 heteroatoms. The van der Waals surface area contributed by atoms with E-state index in [2.05, 4.69) is 5.32 Å². The molecule has 1 aliphatic carbocycles. The zero-order valence-corrected chi connectivity index (χ0v) is 25.1. The third kappa shape index (κ3) is 7.55. The first-order valence-electron chi connectivity index (χ1n) is 14.5. The summed E-state index contributed by atoms with van der Waals surface area (Å²) in [6, 6.07) is 22.4. The Labute approximate surface area is 244 Å². The summed E-state index contributed by atoms with van der Waals surface area (Å²) in [5.41, 5.74) is 3.36. The molecule has 1 N–H and O–H groups in total. The van der Waals surface area contributed by atoms with Crippen LogP contribution in [0.1, 0.15) is 62.6 Å². The summed E-state index contributed by atoms with van der Waals surface area (Å²) in [6.45, 7) is 5.47. The molecule has 2 amide bonds. The number of nitrogens with zero attached hydrogens (tertiary/aromatic N) is 2. The van der Waals surface area contributed by atoms with Crippen LogP contribution in [0.2, 0.25) is 0 Å². The van der Waals surface area contributed by atoms with Crippen molar-refractivity contribution >= 4 is 27.5 Å². The molecule has 7 nitrogen and oxygen atoms in total. The quantitative estimate of drug-likeness (QED) is 0.322. The third-order valence-electron chi connectivity index (χ3n) is 7.96. The molecule has 1 fully saturated rings. The van der Waals surface area contributed by atoms with Crippen molar-refractivity contribution in [1.82, 2.24) is 10.2 Å². The normalized spacial score (nSPS) is 14.7. The van der Waals surface area contributed by atoms with Crippen molar-refractivity contribution in [2.24, 2.45) is 0 Å². The van der Waals surface area contributed by atoms with E-state index < -0.39 is 28.5 Å². The fraction of sp³-hybridized carbons (Fsp3) is 0.394. The first kappa shape index (κ1) is 30.3. The number of amides is 2. The molecule has 41 heavy (non-hydrogen) atoms. The molecule has 0 heterocycles. The molecule has 3 aromatic rings. The van der Waals surface area contributed by atoms with Gasteiger partial charge in [-0.1, -0.05) is 80.8 Å². The molecule has 1 atom stereocenters. The summed E-state index contributed by atoms with van der Waals surface area (Å²) in [6.07, 6.45) is 6.00. The maximum Gasteiger partial charge on any atom is 0.264 e. The average Bonchev–Trinajstić information content (AvgIpc) is 3.00. The zero-order chi connectivity index (χ0) is 29.4. The Balaban J connectivity index is 1.67. The van der Waals surface area contributed by atoms with Crippen molar-refractivity contribution in [2.45, 2.75) is 82.8 Å². The Kier molecular flexibility index (Phi) is 10.2. The van der Waals surface area contributed by atoms with Crippen LogP contribution >= 0.6 is 0 Å². The summed E-state index contributed by atoms with van der Waals surface area (Å²) < 4.78 is 29.0. The minimum absolute atomic E-state index is 0.0981. The van der Waals surface area contributed by atoms with Crippen molar-refractivity contribution in [1.29, 1.82) is 0 Å². The Morgan fingerprint density at radius 2 is 1.54 bits per heavy atom. The molecule has 1 saturated carbocycles. The first-order chi connectivity index (χ1) is 19.7. The summed E-state index contributed by atoms with van der Waals surface area (Å²) >= 11 is 0. The first-order valence-corrected chi connectivity index (χ1v) is 16.0. The Morgan fingerprint density at radius 3 is 2.17 bits per heavy atom. The van der Waals surface area contributed by atoms with E-state index in [0.717, 1.165) is 53.1 Å². The minimum atomic E-state index is -4.07. The summed E-state index contributed by atoms with van der Waals surface area (Å²) in [4.78, 5) is 29.2. The molecule has 0 aliphatic heterocycles. The number of hydrogen-bond acceptors (Lipinski definition) is 4. The van der Waals surface area contributed by atoms with Crippen LogP contribution in [-0.4, -0.2) is 43.8 Å². The van der Waals surface area contributed by atoms with Gasteiger partial charge in [-0.2, -0.15) is 0 Å². The lowest BCUT2D eigenvalue weighted by Gasteiger charge is -2.33. The second-order valence-corrected chi connectivity index (χ2v) is 12.7. The summed E-state index contributed by atoms with van der Waals surface area (Å²) in [5, 5.41) is 3.14. The van der Waals surface area contributed by atoms with Gasteiger partial charge in [0.15, 0.2) is 0 Å². The van der Waals surface area contributed by atoms with Gasteiger partial charge >= 0.3 is 0 Å². The van der Waals surface area contributed by atoms with Crippen molar-refractivity contribution < 1.29 is 18.0 Å². The highest BCUT2D eigenvalue weighted by atomic mass is 32.2. The fourth-order valence-electron chi connectivity index (χ4n) is 5.27. The maximum absolute atomic E-state index is 14.1. The average molecular weight is 576 g/mol. The van der Waals surface area contributed by atoms with Crippen LogP contribution in [-0.2, 0) is 32.6 Å². The van der Waals surface area contributed by atoms with Crippen LogP contribution in [0, 0.1) is 6.92 Å². The highest BCUT2D eigenvalue weighted by Crippen LogP contribution is 2.26. The van der Waals surface area contributed by atoms with E-state index >= 15 is 0 Å². The number of carbonyl (C=O) groups excluding carboxylic acids is 2. The lowest BCUT2D eigenvalue weighted by atomic mass is 9.95. The molecule has 3 aromatic carbocycles. The fourth-order valence-corrected chi connectivity index (χ4v) is 6.70. The number of anilines is 1. The van der Waals surface area contributed by atoms with E-state index in [1.165, 1.54) is 23.5 Å². The van der Waals surface area contributed by atoms with Crippen LogP contribution in [0.4, 0.5) is 5.69 Å². The van der Waals surface area contributed by atoms with Gasteiger partial charge in [-0.15, -0.1) is 0 Å². The number of aryl methyl sites for hydroxylation is 2. The van der Waals surface area contributed by atoms with Crippen molar-refractivity contribution in [3.63, 3.8) is 0 Å². The standard InChI is InChI=1S/C33H41N3O4S/c1-4-27-19-21-30(22-20-27)36(41(39,40)31-17-9-6-10-18-31)24-32(37)35(23-28-14-12-11-13-25(28)2)26(3)33(38)34-29-15-7-5-8-16-29/h6,9-14,17-22,26,29H,4-5,7-8,15-16,23-24H2,1-3H3,(H,34,38). The molecular weight excluding hydrogens is 534 g/mol. The second kappa shape index (κ2) is 13.8. The van der Waals surface area contributed by atoms with E-state index in [1.807, 2.05) is 50.2 Å². The Morgan fingerprint density at radius 1 is 0.902 bits per heavy atom.